The van der Waals surface area contributed by atoms with E-state index in [4.69, 9.17) is 26.6 Å². The van der Waals surface area contributed by atoms with Crippen LogP contribution in [0.15, 0.2) is 6.20 Å². The minimum Gasteiger partial charge on any atom is -0.398 e. The van der Waals surface area contributed by atoms with Gasteiger partial charge < -0.3 is 15.0 Å². The Morgan fingerprint density at radius 1 is 1.24 bits per heavy atom. The van der Waals surface area contributed by atoms with Crippen LogP contribution in [-0.2, 0) is 9.31 Å². The number of hydrogen-bond acceptors (Lipinski definition) is 5. The van der Waals surface area contributed by atoms with Crippen LogP contribution in [0.2, 0.25) is 5.15 Å². The summed E-state index contributed by atoms with van der Waals surface area (Å²) in [6, 6.07) is 0. The Labute approximate surface area is 106 Å². The second-order valence-corrected chi connectivity index (χ2v) is 5.44. The van der Waals surface area contributed by atoms with E-state index in [1.807, 2.05) is 27.7 Å². The summed E-state index contributed by atoms with van der Waals surface area (Å²) in [5, 5.41) is 0.253. The van der Waals surface area contributed by atoms with Gasteiger partial charge in [-0.1, -0.05) is 11.6 Å². The standard InChI is InChI=1S/C10H15BClN3O2/c1-9(2)10(3,4)17-11(16-9)7-8(13)15-6(12)5-14-7/h5H,1-4H3,(H2,13,15). The van der Waals surface area contributed by atoms with Crippen LogP contribution in [0.3, 0.4) is 0 Å². The van der Waals surface area contributed by atoms with Crippen LogP contribution in [0.4, 0.5) is 5.82 Å². The molecule has 0 aromatic carbocycles. The molecule has 0 saturated carbocycles. The summed E-state index contributed by atoms with van der Waals surface area (Å²) in [5.74, 6) is 0.232. The highest BCUT2D eigenvalue weighted by Crippen LogP contribution is 2.36. The summed E-state index contributed by atoms with van der Waals surface area (Å²) in [5.41, 5.74) is 5.38. The third-order valence-electron chi connectivity index (χ3n) is 3.28. The van der Waals surface area contributed by atoms with E-state index in [2.05, 4.69) is 9.97 Å². The average Bonchev–Trinajstić information content (AvgIpc) is 2.35. The van der Waals surface area contributed by atoms with Crippen molar-refractivity contribution in [3.8, 4) is 0 Å². The first-order valence-electron chi connectivity index (χ1n) is 5.36. The molecule has 17 heavy (non-hydrogen) atoms. The highest BCUT2D eigenvalue weighted by Gasteiger charge is 2.53. The molecule has 1 aliphatic heterocycles. The molecule has 0 radical (unpaired) electrons. The Kier molecular flexibility index (Phi) is 2.84. The van der Waals surface area contributed by atoms with Crippen molar-refractivity contribution in [1.29, 1.82) is 0 Å². The fourth-order valence-electron chi connectivity index (χ4n) is 1.53. The summed E-state index contributed by atoms with van der Waals surface area (Å²) in [4.78, 5) is 8.06. The normalized spacial score (nSPS) is 21.8. The first-order valence-corrected chi connectivity index (χ1v) is 5.74. The van der Waals surface area contributed by atoms with E-state index < -0.39 is 18.3 Å². The zero-order valence-electron chi connectivity index (χ0n) is 10.3. The SMILES string of the molecule is CC1(C)OB(c2ncc(Cl)nc2N)OC1(C)C. The van der Waals surface area contributed by atoms with Crippen LogP contribution in [0.25, 0.3) is 0 Å². The molecule has 7 heteroatoms. The quantitative estimate of drug-likeness (QED) is 0.759. The molecule has 5 nitrogen and oxygen atoms in total. The van der Waals surface area contributed by atoms with Crippen molar-refractivity contribution in [2.75, 3.05) is 5.73 Å². The lowest BCUT2D eigenvalue weighted by atomic mass is 9.84. The van der Waals surface area contributed by atoms with Gasteiger partial charge in [0.25, 0.3) is 0 Å². The molecule has 92 valence electrons. The molecule has 2 heterocycles. The maximum atomic E-state index is 5.82. The van der Waals surface area contributed by atoms with Crippen molar-refractivity contribution < 1.29 is 9.31 Å². The monoisotopic (exact) mass is 255 g/mol. The number of nitrogens with zero attached hydrogens (tertiary/aromatic N) is 2. The number of anilines is 1. The fraction of sp³-hybridized carbons (Fsp3) is 0.600. The van der Waals surface area contributed by atoms with Crippen LogP contribution in [0.1, 0.15) is 27.7 Å². The molecule has 2 rings (SSSR count). The number of halogens is 1. The molecule has 1 fully saturated rings. The van der Waals surface area contributed by atoms with E-state index >= 15 is 0 Å². The smallest absolute Gasteiger partial charge is 0.398 e. The Morgan fingerprint density at radius 2 is 1.76 bits per heavy atom. The molecule has 1 aromatic heterocycles. The molecule has 0 unspecified atom stereocenters. The van der Waals surface area contributed by atoms with E-state index in [0.717, 1.165) is 0 Å². The van der Waals surface area contributed by atoms with Gasteiger partial charge in [-0.05, 0) is 27.7 Å². The second-order valence-electron chi connectivity index (χ2n) is 5.05. The molecule has 0 aliphatic carbocycles. The summed E-state index contributed by atoms with van der Waals surface area (Å²) < 4.78 is 11.6. The molecule has 0 atom stereocenters. The Balaban J connectivity index is 2.32. The van der Waals surface area contributed by atoms with Gasteiger partial charge in [-0.3, -0.25) is 4.98 Å². The molecule has 0 spiro atoms. The highest BCUT2D eigenvalue weighted by molar-refractivity contribution is 6.62. The molecule has 1 saturated heterocycles. The summed E-state index contributed by atoms with van der Waals surface area (Å²) >= 11 is 5.70. The molecule has 1 aliphatic rings. The van der Waals surface area contributed by atoms with Crippen LogP contribution in [0, 0.1) is 0 Å². The van der Waals surface area contributed by atoms with Crippen LogP contribution >= 0.6 is 11.6 Å². The van der Waals surface area contributed by atoms with Crippen LogP contribution in [0.5, 0.6) is 0 Å². The summed E-state index contributed by atoms with van der Waals surface area (Å²) in [6.07, 6.45) is 1.43. The molecule has 1 aromatic rings. The van der Waals surface area contributed by atoms with Crippen molar-refractivity contribution >= 4 is 30.1 Å². The van der Waals surface area contributed by atoms with E-state index in [-0.39, 0.29) is 11.0 Å². The number of aromatic nitrogens is 2. The molecule has 0 amide bonds. The third kappa shape index (κ3) is 2.12. The van der Waals surface area contributed by atoms with E-state index in [9.17, 15) is 0 Å². The number of hydrogen-bond donors (Lipinski definition) is 1. The Morgan fingerprint density at radius 3 is 2.24 bits per heavy atom. The molecule has 0 bridgehead atoms. The number of rotatable bonds is 1. The lowest BCUT2D eigenvalue weighted by Crippen LogP contribution is -2.41. The van der Waals surface area contributed by atoms with Crippen LogP contribution < -0.4 is 11.3 Å². The van der Waals surface area contributed by atoms with E-state index in [0.29, 0.717) is 5.59 Å². The Hall–Kier alpha value is -0.845. The maximum Gasteiger partial charge on any atom is 0.518 e. The topological polar surface area (TPSA) is 70.3 Å². The lowest BCUT2D eigenvalue weighted by Gasteiger charge is -2.32. The van der Waals surface area contributed by atoms with Gasteiger partial charge in [0.05, 0.1) is 17.4 Å². The van der Waals surface area contributed by atoms with E-state index in [1.165, 1.54) is 6.20 Å². The minimum absolute atomic E-state index is 0.232. The van der Waals surface area contributed by atoms with Gasteiger partial charge in [0.15, 0.2) is 0 Å². The number of nitrogens with two attached hydrogens (primary N) is 1. The van der Waals surface area contributed by atoms with Crippen LogP contribution in [-0.4, -0.2) is 28.3 Å². The molecular weight excluding hydrogens is 240 g/mol. The zero-order chi connectivity index (χ0) is 12.8. The summed E-state index contributed by atoms with van der Waals surface area (Å²) in [7, 11) is -0.607. The van der Waals surface area contributed by atoms with Gasteiger partial charge in [-0.15, -0.1) is 0 Å². The van der Waals surface area contributed by atoms with Crippen molar-refractivity contribution in [2.24, 2.45) is 0 Å². The Bertz CT molecular complexity index is 437. The van der Waals surface area contributed by atoms with Crippen molar-refractivity contribution in [1.82, 2.24) is 9.97 Å². The third-order valence-corrected chi connectivity index (χ3v) is 3.46. The largest absolute Gasteiger partial charge is 0.518 e. The molecular formula is C10H15BClN3O2. The first kappa shape index (κ1) is 12.6. The second kappa shape index (κ2) is 3.83. The zero-order valence-corrected chi connectivity index (χ0v) is 11.1. The fourth-order valence-corrected chi connectivity index (χ4v) is 1.67. The minimum atomic E-state index is -0.607. The predicted octanol–water partition coefficient (Wildman–Crippen LogP) is 1.01. The van der Waals surface area contributed by atoms with Gasteiger partial charge in [-0.2, -0.15) is 0 Å². The number of nitrogen functional groups attached to an aromatic ring is 1. The van der Waals surface area contributed by atoms with Gasteiger partial charge in [0.1, 0.15) is 16.6 Å². The van der Waals surface area contributed by atoms with Gasteiger partial charge in [0.2, 0.25) is 0 Å². The van der Waals surface area contributed by atoms with Gasteiger partial charge >= 0.3 is 7.12 Å². The van der Waals surface area contributed by atoms with Crippen molar-refractivity contribution in [3.05, 3.63) is 11.3 Å². The first-order chi connectivity index (χ1) is 7.73. The maximum absolute atomic E-state index is 5.82. The van der Waals surface area contributed by atoms with Gasteiger partial charge in [-0.25, -0.2) is 4.98 Å². The van der Waals surface area contributed by atoms with Gasteiger partial charge in [0, 0.05) is 0 Å². The van der Waals surface area contributed by atoms with Crippen molar-refractivity contribution in [2.45, 2.75) is 38.9 Å². The van der Waals surface area contributed by atoms with E-state index in [1.54, 1.807) is 0 Å². The highest BCUT2D eigenvalue weighted by atomic mass is 35.5. The average molecular weight is 256 g/mol. The lowest BCUT2D eigenvalue weighted by molar-refractivity contribution is 0.00578. The summed E-state index contributed by atoms with van der Waals surface area (Å²) in [6.45, 7) is 7.86. The van der Waals surface area contributed by atoms with Crippen molar-refractivity contribution in [3.63, 3.8) is 0 Å². The predicted molar refractivity (Wildman–Crippen MR) is 67.2 cm³/mol. The molecule has 2 N–H and O–H groups in total.